The molecule has 0 bridgehead atoms. The largest absolute Gasteiger partial charge is 0.417 e. The zero-order chi connectivity index (χ0) is 26.5. The Morgan fingerprint density at radius 3 is 2.78 bits per heavy atom. The minimum Gasteiger partial charge on any atom is -0.383 e. The SMILES string of the molecule is COCC(C)N(Cc1cn2cc(C(F)(F)F)ccc2n1)C(=O)c1ccc2nc(N)c3c(c2c1)COC3C. The zero-order valence-corrected chi connectivity index (χ0v) is 20.5. The molecule has 8 nitrogen and oxygen atoms in total. The molecule has 2 N–H and O–H groups in total. The maximum absolute atomic E-state index is 13.8. The first-order valence-corrected chi connectivity index (χ1v) is 11.7. The molecule has 0 aliphatic carbocycles. The van der Waals surface area contributed by atoms with Crippen LogP contribution in [0.1, 0.15) is 52.7 Å². The number of halogens is 3. The van der Waals surface area contributed by atoms with Gasteiger partial charge in [0.25, 0.3) is 5.91 Å². The Kier molecular flexibility index (Phi) is 6.28. The predicted molar refractivity (Wildman–Crippen MR) is 131 cm³/mol. The normalized spacial score (nSPS) is 16.3. The van der Waals surface area contributed by atoms with Gasteiger partial charge in [-0.2, -0.15) is 13.2 Å². The number of benzene rings is 1. The van der Waals surface area contributed by atoms with Gasteiger partial charge in [-0.05, 0) is 49.7 Å². The number of nitrogens with zero attached hydrogens (tertiary/aromatic N) is 4. The van der Waals surface area contributed by atoms with Crippen LogP contribution in [0.5, 0.6) is 0 Å². The molecule has 2 atom stereocenters. The zero-order valence-electron chi connectivity index (χ0n) is 20.5. The Balaban J connectivity index is 1.50. The maximum Gasteiger partial charge on any atom is 0.417 e. The van der Waals surface area contributed by atoms with Crippen molar-refractivity contribution in [3.63, 3.8) is 0 Å². The molecule has 0 radical (unpaired) electrons. The monoisotopic (exact) mass is 513 g/mol. The number of imidazole rings is 1. The smallest absolute Gasteiger partial charge is 0.383 e. The van der Waals surface area contributed by atoms with Crippen LogP contribution in [0.25, 0.3) is 16.6 Å². The van der Waals surface area contributed by atoms with E-state index in [4.69, 9.17) is 15.2 Å². The third kappa shape index (κ3) is 4.60. The summed E-state index contributed by atoms with van der Waals surface area (Å²) in [6.07, 6.45) is -2.16. The molecule has 4 heterocycles. The lowest BCUT2D eigenvalue weighted by atomic mass is 10.00. The third-order valence-corrected chi connectivity index (χ3v) is 6.66. The van der Waals surface area contributed by atoms with Crippen molar-refractivity contribution in [3.05, 3.63) is 70.7 Å². The van der Waals surface area contributed by atoms with Crippen LogP contribution in [-0.2, 0) is 28.8 Å². The van der Waals surface area contributed by atoms with Crippen molar-refractivity contribution in [3.8, 4) is 0 Å². The molecule has 0 saturated carbocycles. The van der Waals surface area contributed by atoms with Crippen LogP contribution in [0.2, 0.25) is 0 Å². The molecular weight excluding hydrogens is 487 g/mol. The molecule has 5 rings (SSSR count). The fourth-order valence-corrected chi connectivity index (χ4v) is 4.79. The summed E-state index contributed by atoms with van der Waals surface area (Å²) in [6.45, 7) is 4.48. The van der Waals surface area contributed by atoms with Crippen molar-refractivity contribution in [2.45, 2.75) is 45.3 Å². The summed E-state index contributed by atoms with van der Waals surface area (Å²) < 4.78 is 51.8. The number of rotatable bonds is 6. The molecule has 0 fully saturated rings. The van der Waals surface area contributed by atoms with Crippen LogP contribution in [0.15, 0.2) is 42.7 Å². The van der Waals surface area contributed by atoms with Gasteiger partial charge < -0.3 is 24.5 Å². The second-order valence-electron chi connectivity index (χ2n) is 9.23. The summed E-state index contributed by atoms with van der Waals surface area (Å²) >= 11 is 0. The van der Waals surface area contributed by atoms with Crippen LogP contribution in [-0.4, -0.2) is 44.9 Å². The van der Waals surface area contributed by atoms with E-state index in [9.17, 15) is 18.0 Å². The summed E-state index contributed by atoms with van der Waals surface area (Å²) in [7, 11) is 1.54. The fraction of sp³-hybridized carbons (Fsp3) is 0.346. The highest BCUT2D eigenvalue weighted by molar-refractivity contribution is 5.99. The van der Waals surface area contributed by atoms with Gasteiger partial charge in [-0.3, -0.25) is 4.79 Å². The highest BCUT2D eigenvalue weighted by Crippen LogP contribution is 2.38. The van der Waals surface area contributed by atoms with Crippen molar-refractivity contribution in [2.75, 3.05) is 19.5 Å². The molecule has 11 heteroatoms. The summed E-state index contributed by atoms with van der Waals surface area (Å²) in [5, 5.41) is 0.797. The van der Waals surface area contributed by atoms with Crippen molar-refractivity contribution >= 4 is 28.3 Å². The highest BCUT2D eigenvalue weighted by atomic mass is 19.4. The average molecular weight is 514 g/mol. The van der Waals surface area contributed by atoms with Crippen LogP contribution in [0.3, 0.4) is 0 Å². The Labute approximate surface area is 210 Å². The van der Waals surface area contributed by atoms with Crippen molar-refractivity contribution in [2.24, 2.45) is 0 Å². The molecule has 37 heavy (non-hydrogen) atoms. The highest BCUT2D eigenvalue weighted by Gasteiger charge is 2.31. The first-order valence-electron chi connectivity index (χ1n) is 11.7. The number of carbonyl (C=O) groups excluding carboxylic acids is 1. The Morgan fingerprint density at radius 2 is 2.05 bits per heavy atom. The molecule has 3 aromatic heterocycles. The molecule has 4 aromatic rings. The van der Waals surface area contributed by atoms with Crippen molar-refractivity contribution in [1.29, 1.82) is 0 Å². The summed E-state index contributed by atoms with van der Waals surface area (Å²) in [4.78, 5) is 24.3. The third-order valence-electron chi connectivity index (χ3n) is 6.66. The topological polar surface area (TPSA) is 95.0 Å². The minimum atomic E-state index is -4.47. The van der Waals surface area contributed by atoms with Crippen molar-refractivity contribution in [1.82, 2.24) is 19.3 Å². The predicted octanol–water partition coefficient (Wildman–Crippen LogP) is 4.75. The number of methoxy groups -OCH3 is 1. The molecule has 1 aliphatic heterocycles. The minimum absolute atomic E-state index is 0.0860. The van der Waals surface area contributed by atoms with Gasteiger partial charge in [-0.1, -0.05) is 0 Å². The van der Waals surface area contributed by atoms with Gasteiger partial charge in [-0.15, -0.1) is 0 Å². The van der Waals surface area contributed by atoms with E-state index in [1.807, 2.05) is 13.8 Å². The van der Waals surface area contributed by atoms with Gasteiger partial charge in [0.05, 0.1) is 48.7 Å². The van der Waals surface area contributed by atoms with Gasteiger partial charge >= 0.3 is 6.18 Å². The lowest BCUT2D eigenvalue weighted by Crippen LogP contribution is -2.40. The molecule has 0 saturated heterocycles. The number of anilines is 1. The van der Waals surface area contributed by atoms with Crippen LogP contribution in [0.4, 0.5) is 19.0 Å². The van der Waals surface area contributed by atoms with E-state index >= 15 is 0 Å². The van der Waals surface area contributed by atoms with E-state index in [-0.39, 0.29) is 31.2 Å². The maximum atomic E-state index is 13.8. The number of carbonyl (C=O) groups is 1. The first-order chi connectivity index (χ1) is 17.6. The van der Waals surface area contributed by atoms with Crippen molar-refractivity contribution < 1.29 is 27.4 Å². The van der Waals surface area contributed by atoms with E-state index < -0.39 is 11.7 Å². The number of aromatic nitrogens is 3. The Bertz CT molecular complexity index is 1500. The number of amides is 1. The molecule has 2 unspecified atom stereocenters. The summed E-state index contributed by atoms with van der Waals surface area (Å²) in [6, 6.07) is 7.20. The van der Waals surface area contributed by atoms with Gasteiger partial charge in [0.2, 0.25) is 0 Å². The second-order valence-corrected chi connectivity index (χ2v) is 9.23. The second kappa shape index (κ2) is 9.31. The number of nitrogens with two attached hydrogens (primary N) is 1. The Morgan fingerprint density at radius 1 is 1.27 bits per heavy atom. The number of fused-ring (bicyclic) bond motifs is 4. The number of nitrogen functional groups attached to an aromatic ring is 1. The van der Waals surface area contributed by atoms with Gasteiger partial charge in [0.1, 0.15) is 11.5 Å². The molecular formula is C26H26F3N5O3. The van der Waals surface area contributed by atoms with Crippen LogP contribution in [0, 0.1) is 0 Å². The van der Waals surface area contributed by atoms with Crippen LogP contribution >= 0.6 is 0 Å². The van der Waals surface area contributed by atoms with E-state index in [2.05, 4.69) is 9.97 Å². The number of hydrogen-bond donors (Lipinski definition) is 1. The molecule has 1 aromatic carbocycles. The quantitative estimate of drug-likeness (QED) is 0.400. The van der Waals surface area contributed by atoms with E-state index in [1.165, 1.54) is 16.7 Å². The average Bonchev–Trinajstić information content (AvgIpc) is 3.44. The van der Waals surface area contributed by atoms with E-state index in [1.54, 1.807) is 30.2 Å². The standard InChI is InChI=1S/C26H26F3N5O3/c1-14(12-36-3)34(11-18-10-33-9-17(26(27,28)29)5-7-22(33)31-18)25(35)16-4-6-21-19(8-16)20-13-37-15(2)23(20)24(30)32-21/h4-10,14-15H,11-13H2,1-3H3,(H2,30,32). The van der Waals surface area contributed by atoms with Gasteiger partial charge in [-0.25, -0.2) is 9.97 Å². The van der Waals surface area contributed by atoms with E-state index in [0.717, 1.165) is 28.8 Å². The van der Waals surface area contributed by atoms with Crippen LogP contribution < -0.4 is 5.73 Å². The first kappa shape index (κ1) is 25.0. The molecule has 194 valence electrons. The summed E-state index contributed by atoms with van der Waals surface area (Å²) in [5.74, 6) is 0.152. The number of ether oxygens (including phenoxy) is 2. The number of pyridine rings is 2. The molecule has 1 aliphatic rings. The Hall–Kier alpha value is -3.70. The van der Waals surface area contributed by atoms with Gasteiger partial charge in [0.15, 0.2) is 0 Å². The fourth-order valence-electron chi connectivity index (χ4n) is 4.79. The lowest BCUT2D eigenvalue weighted by Gasteiger charge is -2.28. The molecule has 1 amide bonds. The van der Waals surface area contributed by atoms with E-state index in [0.29, 0.717) is 34.8 Å². The summed E-state index contributed by atoms with van der Waals surface area (Å²) in [5.41, 5.74) is 9.04. The number of alkyl halides is 3. The number of hydrogen-bond acceptors (Lipinski definition) is 6. The van der Waals surface area contributed by atoms with Gasteiger partial charge in [0, 0.05) is 36.0 Å². The molecule has 0 spiro atoms. The lowest BCUT2D eigenvalue weighted by molar-refractivity contribution is -0.137.